The Balaban J connectivity index is 2.13. The third-order valence-electron chi connectivity index (χ3n) is 4.52. The summed E-state index contributed by atoms with van der Waals surface area (Å²) in [5, 5.41) is 0. The first-order chi connectivity index (χ1) is 13.5. The van der Waals surface area contributed by atoms with Gasteiger partial charge in [-0.25, -0.2) is 0 Å². The monoisotopic (exact) mass is 396 g/mol. The van der Waals surface area contributed by atoms with Crippen LogP contribution in [0.1, 0.15) is 35.7 Å². The number of carbonyl (C=O) groups excluding carboxylic acids is 1. The molecule has 0 aliphatic rings. The molecule has 1 amide bonds. The quantitative estimate of drug-likeness (QED) is 0.564. The van der Waals surface area contributed by atoms with E-state index in [4.69, 9.17) is 9.47 Å². The van der Waals surface area contributed by atoms with Crippen LogP contribution in [0.25, 0.3) is 10.2 Å². The number of aromatic nitrogens is 1. The van der Waals surface area contributed by atoms with E-state index >= 15 is 0 Å². The van der Waals surface area contributed by atoms with Gasteiger partial charge in [0.1, 0.15) is 11.5 Å². The van der Waals surface area contributed by atoms with E-state index < -0.39 is 0 Å². The molecule has 0 aliphatic carbocycles. The molecule has 2 aromatic carbocycles. The maximum absolute atomic E-state index is 12.9. The van der Waals surface area contributed by atoms with Gasteiger partial charge < -0.3 is 14.0 Å². The minimum absolute atomic E-state index is 0.354. The van der Waals surface area contributed by atoms with Gasteiger partial charge in [-0.05, 0) is 35.7 Å². The normalized spacial score (nSPS) is 11.8. The molecule has 1 aromatic heterocycles. The Morgan fingerprint density at radius 2 is 2.00 bits per heavy atom. The topological polar surface area (TPSA) is 52.8 Å². The lowest BCUT2D eigenvalue weighted by atomic mass is 10.0. The van der Waals surface area contributed by atoms with Crippen molar-refractivity contribution in [3.8, 4) is 11.5 Å². The molecule has 3 rings (SSSR count). The van der Waals surface area contributed by atoms with E-state index in [-0.39, 0.29) is 5.91 Å². The SMILES string of the molecule is C=CCn1c(=NC(=O)c2ccc(OC)cc2OC)sc2cc(C(C)C)ccc21. The van der Waals surface area contributed by atoms with Gasteiger partial charge in [-0.15, -0.1) is 6.58 Å². The first-order valence-electron chi connectivity index (χ1n) is 9.03. The van der Waals surface area contributed by atoms with Crippen molar-refractivity contribution in [2.45, 2.75) is 26.3 Å². The Morgan fingerprint density at radius 1 is 1.21 bits per heavy atom. The Bertz CT molecular complexity index is 1090. The van der Waals surface area contributed by atoms with Gasteiger partial charge in [0.15, 0.2) is 4.80 Å². The van der Waals surface area contributed by atoms with Crippen LogP contribution in [0.5, 0.6) is 11.5 Å². The molecule has 0 bridgehead atoms. The maximum atomic E-state index is 12.9. The van der Waals surface area contributed by atoms with E-state index in [2.05, 4.69) is 43.6 Å². The van der Waals surface area contributed by atoms with Crippen LogP contribution in [0.3, 0.4) is 0 Å². The zero-order valence-electron chi connectivity index (χ0n) is 16.6. The molecule has 0 saturated carbocycles. The second-order valence-electron chi connectivity index (χ2n) is 6.65. The van der Waals surface area contributed by atoms with E-state index in [0.29, 0.717) is 34.3 Å². The van der Waals surface area contributed by atoms with Crippen molar-refractivity contribution in [1.82, 2.24) is 4.57 Å². The Kier molecular flexibility index (Phi) is 5.99. The van der Waals surface area contributed by atoms with Gasteiger partial charge in [-0.2, -0.15) is 4.99 Å². The van der Waals surface area contributed by atoms with Crippen LogP contribution in [-0.4, -0.2) is 24.7 Å². The lowest BCUT2D eigenvalue weighted by molar-refractivity contribution is 0.0995. The molecule has 28 heavy (non-hydrogen) atoms. The number of nitrogens with zero attached hydrogens (tertiary/aromatic N) is 2. The molecule has 146 valence electrons. The number of benzene rings is 2. The molecule has 0 aliphatic heterocycles. The number of thiazole rings is 1. The van der Waals surface area contributed by atoms with Gasteiger partial charge in [0.25, 0.3) is 5.91 Å². The highest BCUT2D eigenvalue weighted by atomic mass is 32.1. The van der Waals surface area contributed by atoms with Crippen molar-refractivity contribution in [3.05, 3.63) is 65.0 Å². The first kappa shape index (κ1) is 19.9. The summed E-state index contributed by atoms with van der Waals surface area (Å²) in [5.41, 5.74) is 2.70. The summed E-state index contributed by atoms with van der Waals surface area (Å²) in [7, 11) is 3.10. The third-order valence-corrected chi connectivity index (χ3v) is 5.56. The van der Waals surface area contributed by atoms with E-state index in [9.17, 15) is 4.79 Å². The summed E-state index contributed by atoms with van der Waals surface area (Å²) >= 11 is 1.50. The van der Waals surface area contributed by atoms with E-state index in [0.717, 1.165) is 10.2 Å². The summed E-state index contributed by atoms with van der Waals surface area (Å²) in [5.74, 6) is 1.14. The molecule has 6 heteroatoms. The number of methoxy groups -OCH3 is 2. The standard InChI is InChI=1S/C22H24N2O3S/c1-6-11-24-18-10-7-15(14(2)3)12-20(18)28-22(24)23-21(25)17-9-8-16(26-4)13-19(17)27-5/h6-10,12-14H,1,11H2,2-5H3. The second-order valence-corrected chi connectivity index (χ2v) is 7.66. The van der Waals surface area contributed by atoms with Crippen LogP contribution in [0.15, 0.2) is 54.0 Å². The summed E-state index contributed by atoms with van der Waals surface area (Å²) in [6, 6.07) is 11.5. The van der Waals surface area contributed by atoms with Crippen LogP contribution in [0.2, 0.25) is 0 Å². The van der Waals surface area contributed by atoms with E-state index in [1.165, 1.54) is 24.0 Å². The van der Waals surface area contributed by atoms with Crippen LogP contribution < -0.4 is 14.3 Å². The van der Waals surface area contributed by atoms with Crippen molar-refractivity contribution >= 4 is 27.5 Å². The first-order valence-corrected chi connectivity index (χ1v) is 9.85. The summed E-state index contributed by atoms with van der Waals surface area (Å²) in [6.45, 7) is 8.74. The van der Waals surface area contributed by atoms with Crippen LogP contribution >= 0.6 is 11.3 Å². The Morgan fingerprint density at radius 3 is 2.64 bits per heavy atom. The van der Waals surface area contributed by atoms with Crippen molar-refractivity contribution in [1.29, 1.82) is 0 Å². The fraction of sp³-hybridized carbons (Fsp3) is 0.273. The molecule has 1 heterocycles. The molecule has 0 spiro atoms. The molecule has 0 N–H and O–H groups in total. The Hall–Kier alpha value is -2.86. The predicted octanol–water partition coefficient (Wildman–Crippen LogP) is 4.77. The van der Waals surface area contributed by atoms with Gasteiger partial charge in [0.2, 0.25) is 0 Å². The molecule has 0 unspecified atom stereocenters. The van der Waals surface area contributed by atoms with Crippen molar-refractivity contribution in [2.75, 3.05) is 14.2 Å². The highest BCUT2D eigenvalue weighted by Crippen LogP contribution is 2.26. The molecule has 5 nitrogen and oxygen atoms in total. The van der Waals surface area contributed by atoms with Gasteiger partial charge >= 0.3 is 0 Å². The van der Waals surface area contributed by atoms with Crippen molar-refractivity contribution in [2.24, 2.45) is 4.99 Å². The maximum Gasteiger partial charge on any atom is 0.283 e. The van der Waals surface area contributed by atoms with Crippen LogP contribution in [0.4, 0.5) is 0 Å². The molecule has 0 saturated heterocycles. The molecular weight excluding hydrogens is 372 g/mol. The largest absolute Gasteiger partial charge is 0.497 e. The summed E-state index contributed by atoms with van der Waals surface area (Å²) in [6.07, 6.45) is 1.81. The molecule has 0 radical (unpaired) electrons. The number of fused-ring (bicyclic) bond motifs is 1. The van der Waals surface area contributed by atoms with Crippen molar-refractivity contribution < 1.29 is 14.3 Å². The molecule has 0 fully saturated rings. The second kappa shape index (κ2) is 8.44. The summed E-state index contributed by atoms with van der Waals surface area (Å²) in [4.78, 5) is 17.9. The predicted molar refractivity (Wildman–Crippen MR) is 114 cm³/mol. The summed E-state index contributed by atoms with van der Waals surface area (Å²) < 4.78 is 13.6. The lowest BCUT2D eigenvalue weighted by Gasteiger charge is -2.07. The fourth-order valence-electron chi connectivity index (χ4n) is 2.96. The van der Waals surface area contributed by atoms with Gasteiger partial charge in [-0.1, -0.05) is 37.3 Å². The smallest absolute Gasteiger partial charge is 0.283 e. The number of hydrogen-bond acceptors (Lipinski definition) is 4. The number of rotatable bonds is 6. The average Bonchev–Trinajstić information content (AvgIpc) is 3.03. The Labute approximate surface area is 168 Å². The number of hydrogen-bond donors (Lipinski definition) is 0. The number of ether oxygens (including phenoxy) is 2. The van der Waals surface area contributed by atoms with E-state index in [1.807, 2.05) is 4.57 Å². The van der Waals surface area contributed by atoms with Crippen LogP contribution in [0, 0.1) is 0 Å². The zero-order chi connectivity index (χ0) is 20.3. The third kappa shape index (κ3) is 3.87. The highest BCUT2D eigenvalue weighted by Gasteiger charge is 2.14. The van der Waals surface area contributed by atoms with E-state index in [1.54, 1.807) is 31.4 Å². The number of amides is 1. The highest BCUT2D eigenvalue weighted by molar-refractivity contribution is 7.16. The lowest BCUT2D eigenvalue weighted by Crippen LogP contribution is -2.16. The fourth-order valence-corrected chi connectivity index (χ4v) is 4.05. The minimum Gasteiger partial charge on any atom is -0.497 e. The number of carbonyl (C=O) groups is 1. The van der Waals surface area contributed by atoms with Gasteiger partial charge in [-0.3, -0.25) is 4.79 Å². The molecule has 3 aromatic rings. The zero-order valence-corrected chi connectivity index (χ0v) is 17.4. The number of allylic oxidation sites excluding steroid dienone is 1. The molecular formula is C22H24N2O3S. The van der Waals surface area contributed by atoms with Crippen molar-refractivity contribution in [3.63, 3.8) is 0 Å². The molecule has 0 atom stereocenters. The minimum atomic E-state index is -0.354. The van der Waals surface area contributed by atoms with Crippen LogP contribution in [-0.2, 0) is 6.54 Å². The van der Waals surface area contributed by atoms with Gasteiger partial charge in [0.05, 0.1) is 30.0 Å². The average molecular weight is 397 g/mol. The van der Waals surface area contributed by atoms with Gasteiger partial charge in [0, 0.05) is 12.6 Å².